The minimum atomic E-state index is -5.06. The second kappa shape index (κ2) is 11.8. The summed E-state index contributed by atoms with van der Waals surface area (Å²) in [6.07, 6.45) is 10.4. The Morgan fingerprint density at radius 1 is 0.481 bits per heavy atom. The van der Waals surface area contributed by atoms with Gasteiger partial charge in [0, 0.05) is 0 Å². The van der Waals surface area contributed by atoms with Crippen molar-refractivity contribution in [1.29, 1.82) is 0 Å². The molecule has 0 bridgehead atoms. The van der Waals surface area contributed by atoms with Crippen LogP contribution >= 0.6 is 0 Å². The number of hydrogen-bond acceptors (Lipinski definition) is 0. The zero-order valence-corrected chi connectivity index (χ0v) is 42.0. The van der Waals surface area contributed by atoms with Crippen molar-refractivity contribution < 1.29 is 14.2 Å². The van der Waals surface area contributed by atoms with Crippen molar-refractivity contribution in [2.75, 3.05) is 0 Å². The molecule has 2 atom stereocenters. The maximum absolute atomic E-state index is 5.06. The fraction of sp³-hybridized carbons (Fsp3) is 0.462. The predicted octanol–water partition coefficient (Wildman–Crippen LogP) is 15.3. The van der Waals surface area contributed by atoms with Crippen LogP contribution in [0.2, 0.25) is 17.7 Å². The monoisotopic (exact) mass is 904 g/mol. The summed E-state index contributed by atoms with van der Waals surface area (Å²) in [6, 6.07) is 29.3. The molecule has 54 heavy (non-hydrogen) atoms. The zero-order chi connectivity index (χ0) is 40.2. The SMILES string of the molecule is C[CH2][Hf]([CH3])([CH3])(=[SiH2])([CH2]C)([CH]1C=Cc2c(-c3cc(C(C)(C)C)cc(C(C)(C)C)c3)cccc21)[CH]1C=Cc2c(-c3cc(C(C)(C)C)cc(C(C)(C)C)c3)cccc21. The van der Waals surface area contributed by atoms with E-state index in [4.69, 9.17) is 0 Å². The van der Waals surface area contributed by atoms with Gasteiger partial charge in [0.1, 0.15) is 0 Å². The quantitative estimate of drug-likeness (QED) is 0.169. The molecule has 2 heteroatoms. The number of benzene rings is 4. The van der Waals surface area contributed by atoms with Gasteiger partial charge in [-0.3, -0.25) is 0 Å². The maximum atomic E-state index is 2.87. The Hall–Kier alpha value is -2.55. The van der Waals surface area contributed by atoms with E-state index in [1.807, 2.05) is 0 Å². The standard InChI is InChI=1S/2C23H27.2C2H5.2CH3.Hf.H2Si/c2*1-22(2,3)18-13-17(14-19(15-18)23(4,5)6)21-12-8-10-16-9-7-11-20(16)21;2*1-2;;;;/h2*7-15H,1-6H3;2*1H2,2H3;2*1H3;;1H2. The van der Waals surface area contributed by atoms with E-state index in [1.54, 1.807) is 11.1 Å². The Kier molecular flexibility index (Phi) is 8.94. The van der Waals surface area contributed by atoms with Crippen LogP contribution in [0.3, 0.4) is 0 Å². The van der Waals surface area contributed by atoms with Crippen molar-refractivity contribution >= 4 is 19.1 Å². The van der Waals surface area contributed by atoms with E-state index in [2.05, 4.69) is 210 Å². The van der Waals surface area contributed by atoms with Crippen molar-refractivity contribution in [1.82, 2.24) is 0 Å². The summed E-state index contributed by atoms with van der Waals surface area (Å²) in [6.45, 7) is 35.8. The summed E-state index contributed by atoms with van der Waals surface area (Å²) in [5, 5.41) is 0. The van der Waals surface area contributed by atoms with E-state index in [0.717, 1.165) is 0 Å². The van der Waals surface area contributed by atoms with Crippen molar-refractivity contribution in [2.45, 2.75) is 144 Å². The van der Waals surface area contributed by atoms with Gasteiger partial charge in [-0.05, 0) is 0 Å². The molecule has 0 spiro atoms. The zero-order valence-electron chi connectivity index (χ0n) is 37.0. The molecule has 2 aliphatic carbocycles. The molecule has 0 heterocycles. The van der Waals surface area contributed by atoms with Crippen LogP contribution in [0.1, 0.15) is 149 Å². The number of rotatable bonds is 6. The summed E-state index contributed by atoms with van der Waals surface area (Å²) in [7, 11) is 0. The normalized spacial score (nSPS) is 19.5. The van der Waals surface area contributed by atoms with E-state index in [9.17, 15) is 0 Å². The molecule has 6 rings (SSSR count). The predicted molar refractivity (Wildman–Crippen MR) is 243 cm³/mol. The second-order valence-electron chi connectivity index (χ2n) is 24.5. The fourth-order valence-corrected chi connectivity index (χ4v) is 45.0. The van der Waals surface area contributed by atoms with Gasteiger partial charge in [-0.15, -0.1) is 0 Å². The first-order valence-electron chi connectivity index (χ1n) is 21.0. The molecule has 0 N–H and O–H groups in total. The van der Waals surface area contributed by atoms with Crippen LogP contribution in [0.25, 0.3) is 34.4 Å². The first kappa shape index (κ1) is 41.1. The van der Waals surface area contributed by atoms with Crippen molar-refractivity contribution in [3.63, 3.8) is 0 Å². The van der Waals surface area contributed by atoms with Crippen LogP contribution in [-0.4, -0.2) is 6.94 Å². The van der Waals surface area contributed by atoms with Crippen LogP contribution in [0.5, 0.6) is 0 Å². The van der Waals surface area contributed by atoms with Crippen LogP contribution in [0.15, 0.2) is 84.9 Å². The van der Waals surface area contributed by atoms with Crippen molar-refractivity contribution in [3.05, 3.63) is 129 Å². The molecule has 0 radical (unpaired) electrons. The van der Waals surface area contributed by atoms with Crippen LogP contribution in [0.4, 0.5) is 0 Å². The topological polar surface area (TPSA) is 0 Å². The molecule has 4 aromatic carbocycles. The van der Waals surface area contributed by atoms with E-state index in [1.165, 1.54) is 64.0 Å². The molecule has 2 unspecified atom stereocenters. The van der Waals surface area contributed by atoms with E-state index in [-0.39, 0.29) is 21.7 Å². The third-order valence-corrected chi connectivity index (χ3v) is 79.2. The average molecular weight is 904 g/mol. The molecule has 2 aliphatic rings. The summed E-state index contributed by atoms with van der Waals surface area (Å²) >= 11 is -5.06. The van der Waals surface area contributed by atoms with Crippen molar-refractivity contribution in [2.24, 2.45) is 0 Å². The van der Waals surface area contributed by atoms with Gasteiger partial charge in [0.15, 0.2) is 0 Å². The minimum absolute atomic E-state index is 0.0702. The van der Waals surface area contributed by atoms with Crippen molar-refractivity contribution in [3.8, 4) is 22.3 Å². The Morgan fingerprint density at radius 3 is 1.04 bits per heavy atom. The Bertz CT molecular complexity index is 2140. The van der Waals surface area contributed by atoms with Gasteiger partial charge >= 0.3 is 329 Å². The molecule has 0 nitrogen and oxygen atoms in total. The summed E-state index contributed by atoms with van der Waals surface area (Å²) in [5.41, 5.74) is 17.4. The number of allylic oxidation sites excluding steroid dienone is 2. The molecule has 0 fully saturated rings. The summed E-state index contributed by atoms with van der Waals surface area (Å²) in [4.78, 5) is 0. The third-order valence-electron chi connectivity index (χ3n) is 16.0. The third kappa shape index (κ3) is 6.33. The Morgan fingerprint density at radius 2 is 0.778 bits per heavy atom. The molecular weight excluding hydrogens is 831 g/mol. The Balaban J connectivity index is 1.57. The summed E-state index contributed by atoms with van der Waals surface area (Å²) < 4.78 is 8.96. The van der Waals surface area contributed by atoms with Gasteiger partial charge in [-0.2, -0.15) is 0 Å². The van der Waals surface area contributed by atoms with Crippen LogP contribution in [0, 0.1) is 0 Å². The van der Waals surface area contributed by atoms with Gasteiger partial charge in [-0.25, -0.2) is 0 Å². The van der Waals surface area contributed by atoms with Gasteiger partial charge in [0.25, 0.3) is 0 Å². The van der Waals surface area contributed by atoms with Gasteiger partial charge in [0.05, 0.1) is 0 Å². The molecule has 0 amide bonds. The van der Waals surface area contributed by atoms with E-state index < -0.39 is 14.2 Å². The van der Waals surface area contributed by atoms with E-state index >= 15 is 0 Å². The Labute approximate surface area is 326 Å². The first-order chi connectivity index (χ1) is 24.5. The van der Waals surface area contributed by atoms with E-state index in [0.29, 0.717) is 7.35 Å². The number of hydrogen-bond donors (Lipinski definition) is 0. The van der Waals surface area contributed by atoms with Gasteiger partial charge < -0.3 is 0 Å². The molecule has 0 saturated carbocycles. The second-order valence-corrected chi connectivity index (χ2v) is 103. The molecule has 4 aromatic rings. The molecular formula is C52H72HfSi. The molecule has 0 aliphatic heterocycles. The van der Waals surface area contributed by atoms with Crippen LogP contribution in [-0.2, 0) is 35.8 Å². The van der Waals surface area contributed by atoms with Gasteiger partial charge in [-0.1, -0.05) is 0 Å². The summed E-state index contributed by atoms with van der Waals surface area (Å²) in [5.74, 6) is 0. The average Bonchev–Trinajstić information content (AvgIpc) is 3.74. The number of fused-ring (bicyclic) bond motifs is 2. The molecule has 0 saturated heterocycles. The molecule has 0 aromatic heterocycles. The van der Waals surface area contributed by atoms with Gasteiger partial charge in [0.2, 0.25) is 0 Å². The van der Waals surface area contributed by atoms with Crippen LogP contribution < -0.4 is 0 Å². The first-order valence-corrected chi connectivity index (χ1v) is 45.7. The fourth-order valence-electron chi connectivity index (χ4n) is 10.2. The molecule has 288 valence electrons.